The Kier molecular flexibility index (Phi) is 5.41. The molecule has 0 saturated carbocycles. The smallest absolute Gasteiger partial charge is 0.129 e. The van der Waals surface area contributed by atoms with Crippen molar-refractivity contribution in [2.24, 2.45) is 4.99 Å². The number of rotatable bonds is 5. The average molecular weight is 363 g/mol. The highest BCUT2D eigenvalue weighted by molar-refractivity contribution is 5.92. The topological polar surface area (TPSA) is 24.8 Å². The van der Waals surface area contributed by atoms with Crippen LogP contribution < -0.4 is 9.64 Å². The van der Waals surface area contributed by atoms with Gasteiger partial charge in [0.15, 0.2) is 0 Å². The number of aliphatic imine (C=N–C) groups is 1. The number of methoxy groups -OCH3 is 1. The Morgan fingerprint density at radius 1 is 1.15 bits per heavy atom. The zero-order valence-corrected chi connectivity index (χ0v) is 17.3. The maximum Gasteiger partial charge on any atom is 0.129 e. The summed E-state index contributed by atoms with van der Waals surface area (Å²) < 4.78 is 5.72. The summed E-state index contributed by atoms with van der Waals surface area (Å²) in [5.41, 5.74) is 6.96. The molecule has 2 aromatic carbocycles. The summed E-state index contributed by atoms with van der Waals surface area (Å²) in [5.74, 6) is 0.858. The van der Waals surface area contributed by atoms with Gasteiger partial charge in [0.05, 0.1) is 18.3 Å². The molecule has 3 nitrogen and oxygen atoms in total. The van der Waals surface area contributed by atoms with Gasteiger partial charge in [-0.2, -0.15) is 0 Å². The van der Waals surface area contributed by atoms with E-state index in [0.29, 0.717) is 0 Å². The van der Waals surface area contributed by atoms with Crippen molar-refractivity contribution < 1.29 is 4.74 Å². The zero-order chi connectivity index (χ0) is 19.6. The number of benzene rings is 2. The van der Waals surface area contributed by atoms with Gasteiger partial charge in [-0.25, -0.2) is 0 Å². The quantitative estimate of drug-likeness (QED) is 0.595. The van der Waals surface area contributed by atoms with Gasteiger partial charge in [0.25, 0.3) is 0 Å². The van der Waals surface area contributed by atoms with E-state index in [1.807, 2.05) is 18.3 Å². The van der Waals surface area contributed by atoms with Crippen molar-refractivity contribution >= 4 is 23.2 Å². The number of fused-ring (bicyclic) bond motifs is 1. The summed E-state index contributed by atoms with van der Waals surface area (Å²) in [6.07, 6.45) is 5.37. The third-order valence-corrected chi connectivity index (χ3v) is 5.13. The number of ether oxygens (including phenoxy) is 1. The molecule has 27 heavy (non-hydrogen) atoms. The van der Waals surface area contributed by atoms with Crippen molar-refractivity contribution in [3.05, 3.63) is 59.2 Å². The SMILES string of the molecule is CCCN1c2cc(OC)c(C=Nc3cccc(C)c3)cc2C(C)=CC1(C)C. The molecule has 0 saturated heterocycles. The first-order valence-electron chi connectivity index (χ1n) is 9.66. The number of hydrogen-bond acceptors (Lipinski definition) is 3. The Balaban J connectivity index is 2.07. The fourth-order valence-electron chi connectivity index (χ4n) is 3.88. The van der Waals surface area contributed by atoms with E-state index in [9.17, 15) is 0 Å². The molecule has 0 unspecified atom stereocenters. The third kappa shape index (κ3) is 3.92. The Morgan fingerprint density at radius 3 is 2.59 bits per heavy atom. The van der Waals surface area contributed by atoms with Crippen LogP contribution in [0.15, 0.2) is 47.5 Å². The molecule has 0 bridgehead atoms. The maximum atomic E-state index is 5.72. The molecule has 0 amide bonds. The fraction of sp³-hybridized carbons (Fsp3) is 0.375. The first-order valence-corrected chi connectivity index (χ1v) is 9.66. The molecule has 0 atom stereocenters. The predicted molar refractivity (Wildman–Crippen MR) is 117 cm³/mol. The number of anilines is 1. The number of hydrogen-bond donors (Lipinski definition) is 0. The monoisotopic (exact) mass is 362 g/mol. The normalized spacial score (nSPS) is 15.6. The van der Waals surface area contributed by atoms with Crippen molar-refractivity contribution in [3.8, 4) is 5.75 Å². The standard InChI is InChI=1S/C24H30N2O/c1-7-11-26-22-14-23(27-6)19(13-21(22)18(3)15-24(26,4)5)16-25-20-10-8-9-17(2)12-20/h8-10,12-16H,7,11H2,1-6H3. The molecule has 0 N–H and O–H groups in total. The van der Waals surface area contributed by atoms with Crippen LogP contribution in [0.5, 0.6) is 5.75 Å². The summed E-state index contributed by atoms with van der Waals surface area (Å²) in [7, 11) is 1.73. The lowest BCUT2D eigenvalue weighted by Gasteiger charge is -2.43. The van der Waals surface area contributed by atoms with Gasteiger partial charge in [0.2, 0.25) is 0 Å². The fourth-order valence-corrected chi connectivity index (χ4v) is 3.88. The summed E-state index contributed by atoms with van der Waals surface area (Å²) in [4.78, 5) is 7.14. The molecule has 0 aromatic heterocycles. The van der Waals surface area contributed by atoms with E-state index in [1.54, 1.807) is 7.11 Å². The van der Waals surface area contributed by atoms with E-state index >= 15 is 0 Å². The second-order valence-electron chi connectivity index (χ2n) is 7.84. The van der Waals surface area contributed by atoms with Gasteiger partial charge < -0.3 is 9.64 Å². The van der Waals surface area contributed by atoms with Gasteiger partial charge >= 0.3 is 0 Å². The minimum Gasteiger partial charge on any atom is -0.496 e. The molecule has 0 aliphatic carbocycles. The molecule has 0 spiro atoms. The molecule has 1 aliphatic heterocycles. The molecular weight excluding hydrogens is 332 g/mol. The van der Waals surface area contributed by atoms with Gasteiger partial charge in [0.1, 0.15) is 5.75 Å². The summed E-state index contributed by atoms with van der Waals surface area (Å²) in [6.45, 7) is 12.1. The van der Waals surface area contributed by atoms with Crippen LogP contribution in [0.25, 0.3) is 5.57 Å². The third-order valence-electron chi connectivity index (χ3n) is 5.13. The van der Waals surface area contributed by atoms with Crippen LogP contribution in [0.2, 0.25) is 0 Å². The van der Waals surface area contributed by atoms with Gasteiger partial charge in [-0.05, 0) is 63.5 Å². The lowest BCUT2D eigenvalue weighted by atomic mass is 9.87. The highest BCUT2D eigenvalue weighted by Crippen LogP contribution is 2.42. The minimum atomic E-state index is -0.00469. The van der Waals surface area contributed by atoms with Crippen molar-refractivity contribution in [2.45, 2.75) is 46.6 Å². The van der Waals surface area contributed by atoms with Crippen LogP contribution in [0.3, 0.4) is 0 Å². The Labute approximate surface area is 163 Å². The van der Waals surface area contributed by atoms with Crippen LogP contribution in [-0.4, -0.2) is 25.4 Å². The minimum absolute atomic E-state index is 0.00469. The summed E-state index contributed by atoms with van der Waals surface area (Å²) in [6, 6.07) is 12.6. The number of allylic oxidation sites excluding steroid dienone is 1. The van der Waals surface area contributed by atoms with Gasteiger partial charge in [-0.15, -0.1) is 0 Å². The van der Waals surface area contributed by atoms with Crippen molar-refractivity contribution in [2.75, 3.05) is 18.6 Å². The van der Waals surface area contributed by atoms with Crippen LogP contribution in [-0.2, 0) is 0 Å². The highest BCUT2D eigenvalue weighted by atomic mass is 16.5. The molecule has 2 aromatic rings. The Morgan fingerprint density at radius 2 is 1.93 bits per heavy atom. The largest absolute Gasteiger partial charge is 0.496 e. The predicted octanol–water partition coefficient (Wildman–Crippen LogP) is 6.17. The molecule has 142 valence electrons. The molecule has 1 heterocycles. The van der Waals surface area contributed by atoms with Crippen molar-refractivity contribution in [3.63, 3.8) is 0 Å². The zero-order valence-electron chi connectivity index (χ0n) is 17.3. The van der Waals surface area contributed by atoms with E-state index in [4.69, 9.17) is 4.74 Å². The molecular formula is C24H30N2O. The van der Waals surface area contributed by atoms with Crippen LogP contribution >= 0.6 is 0 Å². The number of aryl methyl sites for hydroxylation is 1. The van der Waals surface area contributed by atoms with E-state index in [0.717, 1.165) is 30.0 Å². The molecule has 3 rings (SSSR count). The van der Waals surface area contributed by atoms with E-state index < -0.39 is 0 Å². The Bertz CT molecular complexity index is 893. The highest BCUT2D eigenvalue weighted by Gasteiger charge is 2.31. The van der Waals surface area contributed by atoms with Gasteiger partial charge in [0, 0.05) is 35.6 Å². The van der Waals surface area contributed by atoms with Crippen LogP contribution in [0.1, 0.15) is 50.8 Å². The van der Waals surface area contributed by atoms with Crippen LogP contribution in [0, 0.1) is 6.92 Å². The van der Waals surface area contributed by atoms with E-state index in [1.165, 1.54) is 22.4 Å². The Hall–Kier alpha value is -2.55. The van der Waals surface area contributed by atoms with Crippen molar-refractivity contribution in [1.82, 2.24) is 0 Å². The van der Waals surface area contributed by atoms with Crippen molar-refractivity contribution in [1.29, 1.82) is 0 Å². The number of nitrogens with zero attached hydrogens (tertiary/aromatic N) is 2. The van der Waals surface area contributed by atoms with Crippen LogP contribution in [0.4, 0.5) is 11.4 Å². The first kappa shape index (κ1) is 19.2. The van der Waals surface area contributed by atoms with E-state index in [2.05, 4.69) is 74.9 Å². The van der Waals surface area contributed by atoms with Gasteiger partial charge in [-0.3, -0.25) is 4.99 Å². The average Bonchev–Trinajstić information content (AvgIpc) is 2.62. The molecule has 0 radical (unpaired) electrons. The molecule has 3 heteroatoms. The second-order valence-corrected chi connectivity index (χ2v) is 7.84. The lowest BCUT2D eigenvalue weighted by Crippen LogP contribution is -2.45. The van der Waals surface area contributed by atoms with E-state index in [-0.39, 0.29) is 5.54 Å². The maximum absolute atomic E-state index is 5.72. The summed E-state index contributed by atoms with van der Waals surface area (Å²) >= 11 is 0. The molecule has 0 fully saturated rings. The van der Waals surface area contributed by atoms with Gasteiger partial charge in [-0.1, -0.05) is 25.1 Å². The molecule has 1 aliphatic rings. The first-order chi connectivity index (χ1) is 12.9. The summed E-state index contributed by atoms with van der Waals surface area (Å²) in [5, 5.41) is 0. The lowest BCUT2D eigenvalue weighted by molar-refractivity contribution is 0.413. The second kappa shape index (κ2) is 7.59.